The van der Waals surface area contributed by atoms with E-state index in [0.29, 0.717) is 101 Å². The second-order valence-electron chi connectivity index (χ2n) is 10.6. The minimum atomic E-state index is -0.426. The van der Waals surface area contributed by atoms with Crippen LogP contribution in [0, 0.1) is 0 Å². The molecule has 42 heavy (non-hydrogen) atoms. The highest BCUT2D eigenvalue weighted by atomic mass is 16.5. The molecular weight excluding hydrogens is 544 g/mol. The number of ether oxygens (including phenoxy) is 5. The van der Waals surface area contributed by atoms with Gasteiger partial charge in [-0.05, 0) is 19.3 Å². The number of methoxy groups -OCH3 is 5. The second-order valence-corrected chi connectivity index (χ2v) is 10.6. The number of β-amino-alcohol motifs (C(OH)–C–C–N with tert-alkyl or cyclic N) is 1. The van der Waals surface area contributed by atoms with Gasteiger partial charge >= 0.3 is 0 Å². The Kier molecular flexibility index (Phi) is 12.5. The highest BCUT2D eigenvalue weighted by molar-refractivity contribution is 5.95. The molecular formula is C28H48N8O6. The summed E-state index contributed by atoms with van der Waals surface area (Å²) in [5, 5.41) is 10.5. The molecule has 236 valence electrons. The fourth-order valence-electron chi connectivity index (χ4n) is 5.35. The fraction of sp³-hybridized carbons (Fsp3) is 0.786. The van der Waals surface area contributed by atoms with E-state index in [2.05, 4.69) is 19.6 Å². The summed E-state index contributed by atoms with van der Waals surface area (Å²) >= 11 is 0. The fourth-order valence-corrected chi connectivity index (χ4v) is 5.35. The minimum absolute atomic E-state index is 0.221. The summed E-state index contributed by atoms with van der Waals surface area (Å²) in [6.07, 6.45) is 2.25. The van der Waals surface area contributed by atoms with Gasteiger partial charge in [-0.2, -0.15) is 9.97 Å². The molecule has 0 bridgehead atoms. The molecule has 1 N–H and O–H groups in total. The molecule has 0 aliphatic carbocycles. The standard InChI is InChI=1S/C28H48N8O6/c1-38-16-12-34(13-17-39-2)27-30-24-23(25(31-27)33-10-7-22(42-5)8-11-33)29-28(35(14-18-40-3)15-19-41-4)32-26(24)36-9-6-21(37)20-36/h21-22,37H,6-20H2,1-5H3/t21-/m1/s1. The van der Waals surface area contributed by atoms with Gasteiger partial charge in [0.25, 0.3) is 0 Å². The van der Waals surface area contributed by atoms with Crippen LogP contribution >= 0.6 is 0 Å². The summed E-state index contributed by atoms with van der Waals surface area (Å²) in [5.41, 5.74) is 1.36. The molecule has 14 nitrogen and oxygen atoms in total. The van der Waals surface area contributed by atoms with Crippen molar-refractivity contribution >= 4 is 34.6 Å². The lowest BCUT2D eigenvalue weighted by molar-refractivity contribution is 0.0818. The van der Waals surface area contributed by atoms with Gasteiger partial charge in [-0.1, -0.05) is 0 Å². The van der Waals surface area contributed by atoms with E-state index in [9.17, 15) is 5.11 Å². The van der Waals surface area contributed by atoms with Crippen molar-refractivity contribution < 1.29 is 28.8 Å². The highest BCUT2D eigenvalue weighted by Crippen LogP contribution is 2.35. The van der Waals surface area contributed by atoms with Crippen molar-refractivity contribution in [1.29, 1.82) is 0 Å². The highest BCUT2D eigenvalue weighted by Gasteiger charge is 2.30. The molecule has 2 aliphatic heterocycles. The molecule has 0 amide bonds. The first-order valence-corrected chi connectivity index (χ1v) is 14.8. The summed E-state index contributed by atoms with van der Waals surface area (Å²) in [4.78, 5) is 29.0. The maximum atomic E-state index is 10.5. The number of fused-ring (bicyclic) bond motifs is 1. The average Bonchev–Trinajstić information content (AvgIpc) is 3.46. The summed E-state index contributed by atoms with van der Waals surface area (Å²) in [6, 6.07) is 0. The molecule has 0 aromatic carbocycles. The molecule has 4 rings (SSSR count). The molecule has 2 aliphatic rings. The zero-order chi connectivity index (χ0) is 29.9. The third-order valence-corrected chi connectivity index (χ3v) is 7.85. The molecule has 0 saturated carbocycles. The predicted octanol–water partition coefficient (Wildman–Crippen LogP) is 0.804. The van der Waals surface area contributed by atoms with Crippen LogP contribution in [0.5, 0.6) is 0 Å². The molecule has 1 atom stereocenters. The summed E-state index contributed by atoms with van der Waals surface area (Å²) in [5.74, 6) is 2.61. The second kappa shape index (κ2) is 16.3. The summed E-state index contributed by atoms with van der Waals surface area (Å²) < 4.78 is 27.3. The lowest BCUT2D eigenvalue weighted by Gasteiger charge is -2.34. The topological polar surface area (TPSA) is 131 Å². The van der Waals surface area contributed by atoms with E-state index in [1.165, 1.54) is 0 Å². The van der Waals surface area contributed by atoms with Gasteiger partial charge in [-0.3, -0.25) is 0 Å². The number of hydrogen-bond donors (Lipinski definition) is 1. The van der Waals surface area contributed by atoms with Crippen molar-refractivity contribution in [2.24, 2.45) is 0 Å². The Morgan fingerprint density at radius 2 is 1.07 bits per heavy atom. The summed E-state index contributed by atoms with van der Waals surface area (Å²) in [7, 11) is 8.51. The number of aliphatic hydroxyl groups is 1. The van der Waals surface area contributed by atoms with Crippen LogP contribution in [-0.4, -0.2) is 152 Å². The van der Waals surface area contributed by atoms with Crippen molar-refractivity contribution in [2.45, 2.75) is 31.5 Å². The molecule has 2 fully saturated rings. The quantitative estimate of drug-likeness (QED) is 0.278. The van der Waals surface area contributed by atoms with Crippen LogP contribution in [0.2, 0.25) is 0 Å². The number of nitrogens with zero attached hydrogens (tertiary/aromatic N) is 8. The van der Waals surface area contributed by atoms with Gasteiger partial charge in [0.1, 0.15) is 11.0 Å². The Morgan fingerprint density at radius 3 is 1.45 bits per heavy atom. The van der Waals surface area contributed by atoms with Crippen LogP contribution in [0.4, 0.5) is 23.5 Å². The van der Waals surface area contributed by atoms with Crippen molar-refractivity contribution in [2.75, 3.05) is 134 Å². The minimum Gasteiger partial charge on any atom is -0.391 e. The maximum absolute atomic E-state index is 10.5. The Labute approximate surface area is 248 Å². The molecule has 2 aromatic rings. The van der Waals surface area contributed by atoms with Crippen LogP contribution < -0.4 is 19.6 Å². The van der Waals surface area contributed by atoms with Crippen LogP contribution in [-0.2, 0) is 23.7 Å². The Morgan fingerprint density at radius 1 is 0.643 bits per heavy atom. The van der Waals surface area contributed by atoms with Crippen LogP contribution in [0.3, 0.4) is 0 Å². The molecule has 0 radical (unpaired) electrons. The lowest BCUT2D eigenvalue weighted by atomic mass is 10.1. The first-order valence-electron chi connectivity index (χ1n) is 14.8. The van der Waals surface area contributed by atoms with E-state index < -0.39 is 6.10 Å². The molecule has 2 aromatic heterocycles. The normalized spacial score (nSPS) is 17.9. The number of aliphatic hydroxyl groups excluding tert-OH is 1. The lowest BCUT2D eigenvalue weighted by Crippen LogP contribution is -2.38. The molecule has 4 heterocycles. The maximum Gasteiger partial charge on any atom is 0.228 e. The number of hydrogen-bond acceptors (Lipinski definition) is 14. The SMILES string of the molecule is COCCN(CCOC)c1nc(N2CC[C@@H](O)C2)c2nc(N(CCOC)CCOC)nc(N3CCC(OC)CC3)c2n1. The van der Waals surface area contributed by atoms with E-state index >= 15 is 0 Å². The van der Waals surface area contributed by atoms with E-state index in [-0.39, 0.29) is 6.10 Å². The number of anilines is 4. The number of piperidine rings is 1. The van der Waals surface area contributed by atoms with Gasteiger partial charge in [0.15, 0.2) is 11.6 Å². The number of aromatic nitrogens is 4. The summed E-state index contributed by atoms with van der Waals surface area (Å²) in [6.45, 7) is 7.22. The zero-order valence-electron chi connectivity index (χ0n) is 25.8. The van der Waals surface area contributed by atoms with Crippen molar-refractivity contribution in [3.63, 3.8) is 0 Å². The predicted molar refractivity (Wildman–Crippen MR) is 162 cm³/mol. The molecule has 0 unspecified atom stereocenters. The molecule has 0 spiro atoms. The van der Waals surface area contributed by atoms with E-state index in [1.54, 1.807) is 35.5 Å². The zero-order valence-corrected chi connectivity index (χ0v) is 25.8. The third-order valence-electron chi connectivity index (χ3n) is 7.85. The van der Waals surface area contributed by atoms with E-state index in [1.807, 2.05) is 0 Å². The van der Waals surface area contributed by atoms with Crippen LogP contribution in [0.15, 0.2) is 0 Å². The molecule has 14 heteroatoms. The Balaban J connectivity index is 1.90. The Bertz CT molecular complexity index is 1090. The van der Waals surface area contributed by atoms with Crippen molar-refractivity contribution in [1.82, 2.24) is 19.9 Å². The van der Waals surface area contributed by atoms with Crippen LogP contribution in [0.1, 0.15) is 19.3 Å². The third kappa shape index (κ3) is 8.05. The van der Waals surface area contributed by atoms with E-state index in [4.69, 9.17) is 43.6 Å². The van der Waals surface area contributed by atoms with Crippen LogP contribution in [0.25, 0.3) is 11.0 Å². The van der Waals surface area contributed by atoms with Gasteiger partial charge in [-0.25, -0.2) is 9.97 Å². The van der Waals surface area contributed by atoms with Gasteiger partial charge in [0.2, 0.25) is 11.9 Å². The Hall–Kier alpha value is -2.62. The number of rotatable bonds is 17. The largest absolute Gasteiger partial charge is 0.391 e. The smallest absolute Gasteiger partial charge is 0.228 e. The monoisotopic (exact) mass is 592 g/mol. The molecule has 2 saturated heterocycles. The average molecular weight is 593 g/mol. The first kappa shape index (κ1) is 32.3. The van der Waals surface area contributed by atoms with Crippen molar-refractivity contribution in [3.05, 3.63) is 0 Å². The van der Waals surface area contributed by atoms with E-state index in [0.717, 1.165) is 31.7 Å². The first-order chi connectivity index (χ1) is 20.5. The van der Waals surface area contributed by atoms with Gasteiger partial charge in [0.05, 0.1) is 38.6 Å². The van der Waals surface area contributed by atoms with Gasteiger partial charge in [0, 0.05) is 87.9 Å². The van der Waals surface area contributed by atoms with Crippen molar-refractivity contribution in [3.8, 4) is 0 Å². The van der Waals surface area contributed by atoms with Gasteiger partial charge in [-0.15, -0.1) is 0 Å². The van der Waals surface area contributed by atoms with Gasteiger partial charge < -0.3 is 48.4 Å².